The zero-order chi connectivity index (χ0) is 25.5. The number of aliphatic hydroxyl groups excluding tert-OH is 1. The molecule has 0 saturated heterocycles. The molecular weight excluding hydrogens is 439 g/mol. The Kier molecular flexibility index (Phi) is 10.0. The van der Waals surface area contributed by atoms with Crippen molar-refractivity contribution in [2.45, 2.75) is 85.6 Å². The van der Waals surface area contributed by atoms with Gasteiger partial charge in [-0.25, -0.2) is 0 Å². The Morgan fingerprint density at radius 1 is 1.15 bits per heavy atom. The predicted octanol–water partition coefficient (Wildman–Crippen LogP) is 8.49. The Balaban J connectivity index is 2.72. The Morgan fingerprint density at radius 2 is 1.79 bits per heavy atom. The molecule has 1 N–H and O–H groups in total. The van der Waals surface area contributed by atoms with Crippen molar-refractivity contribution in [3.05, 3.63) is 58.8 Å². The van der Waals surface area contributed by atoms with Gasteiger partial charge in [0.2, 0.25) is 0 Å². The van der Waals surface area contributed by atoms with Crippen LogP contribution in [0.2, 0.25) is 0 Å². The second kappa shape index (κ2) is 12.3. The van der Waals surface area contributed by atoms with Crippen LogP contribution >= 0.6 is 0 Å². The number of aliphatic hydroxyl groups is 1. The molecular formula is C28H38F3NO2. The average Bonchev–Trinajstić information content (AvgIpc) is 2.79. The van der Waals surface area contributed by atoms with Gasteiger partial charge in [0, 0.05) is 24.5 Å². The van der Waals surface area contributed by atoms with E-state index < -0.39 is 6.36 Å². The monoisotopic (exact) mass is 477 g/mol. The summed E-state index contributed by atoms with van der Waals surface area (Å²) in [6.07, 6.45) is 2.43. The van der Waals surface area contributed by atoms with Crippen molar-refractivity contribution >= 4 is 5.69 Å². The quantitative estimate of drug-likeness (QED) is 0.352. The molecule has 0 aliphatic rings. The van der Waals surface area contributed by atoms with Crippen LogP contribution in [0.15, 0.2) is 42.1 Å². The van der Waals surface area contributed by atoms with Crippen molar-refractivity contribution in [1.29, 1.82) is 0 Å². The Bertz CT molecular complexity index is 965. The fourth-order valence-electron chi connectivity index (χ4n) is 4.50. The van der Waals surface area contributed by atoms with Crippen LogP contribution in [-0.4, -0.2) is 18.5 Å². The lowest BCUT2D eigenvalue weighted by Crippen LogP contribution is -2.17. The Hall–Kier alpha value is -2.47. The van der Waals surface area contributed by atoms with E-state index >= 15 is 0 Å². The molecule has 6 heteroatoms. The first-order valence-corrected chi connectivity index (χ1v) is 12.1. The van der Waals surface area contributed by atoms with Gasteiger partial charge >= 0.3 is 6.36 Å². The molecule has 0 heterocycles. The molecule has 188 valence electrons. The lowest BCUT2D eigenvalue weighted by molar-refractivity contribution is -0.274. The number of ether oxygens (including phenoxy) is 1. The first-order valence-electron chi connectivity index (χ1n) is 12.1. The van der Waals surface area contributed by atoms with Crippen LogP contribution in [0.4, 0.5) is 18.9 Å². The lowest BCUT2D eigenvalue weighted by Gasteiger charge is -2.29. The second-order valence-electron chi connectivity index (χ2n) is 8.88. The number of halogens is 3. The first kappa shape index (κ1) is 27.8. The van der Waals surface area contributed by atoms with Gasteiger partial charge in [0.05, 0.1) is 6.61 Å². The lowest BCUT2D eigenvalue weighted by atomic mass is 9.83. The van der Waals surface area contributed by atoms with Crippen molar-refractivity contribution in [3.8, 4) is 16.9 Å². The van der Waals surface area contributed by atoms with Crippen molar-refractivity contribution in [2.24, 2.45) is 0 Å². The summed E-state index contributed by atoms with van der Waals surface area (Å²) in [5.41, 5.74) is 6.94. The van der Waals surface area contributed by atoms with E-state index in [4.69, 9.17) is 0 Å². The van der Waals surface area contributed by atoms with Crippen LogP contribution in [0.25, 0.3) is 11.1 Å². The third kappa shape index (κ3) is 7.02. The summed E-state index contributed by atoms with van der Waals surface area (Å²) in [7, 11) is 1.99. The van der Waals surface area contributed by atoms with Crippen molar-refractivity contribution in [1.82, 2.24) is 0 Å². The number of hydrogen-bond donors (Lipinski definition) is 1. The van der Waals surface area contributed by atoms with Gasteiger partial charge in [0.25, 0.3) is 0 Å². The first-order chi connectivity index (χ1) is 16.1. The van der Waals surface area contributed by atoms with E-state index in [0.29, 0.717) is 0 Å². The van der Waals surface area contributed by atoms with E-state index in [0.717, 1.165) is 65.6 Å². The number of benzene rings is 2. The van der Waals surface area contributed by atoms with Gasteiger partial charge in [0.1, 0.15) is 5.75 Å². The summed E-state index contributed by atoms with van der Waals surface area (Å²) in [5, 5.41) is 10.5. The third-order valence-corrected chi connectivity index (χ3v) is 6.41. The maximum atomic E-state index is 12.6. The summed E-state index contributed by atoms with van der Waals surface area (Å²) >= 11 is 0. The summed E-state index contributed by atoms with van der Waals surface area (Å²) < 4.78 is 41.9. The van der Waals surface area contributed by atoms with E-state index in [-0.39, 0.29) is 18.3 Å². The summed E-state index contributed by atoms with van der Waals surface area (Å²) in [6, 6.07) is 8.14. The minimum absolute atomic E-state index is 0.0733. The molecule has 0 aromatic heterocycles. The Morgan fingerprint density at radius 3 is 2.29 bits per heavy atom. The highest BCUT2D eigenvalue weighted by Crippen LogP contribution is 2.41. The highest BCUT2D eigenvalue weighted by molar-refractivity contribution is 5.79. The fraction of sp³-hybridized carbons (Fsp3) is 0.500. The van der Waals surface area contributed by atoms with E-state index in [1.807, 2.05) is 14.0 Å². The number of unbranched alkanes of at least 4 members (excludes halogenated alkanes) is 1. The molecule has 1 unspecified atom stereocenters. The third-order valence-electron chi connectivity index (χ3n) is 6.41. The molecule has 2 aromatic carbocycles. The Labute approximate surface area is 202 Å². The molecule has 2 aromatic rings. The zero-order valence-electron chi connectivity index (χ0n) is 21.2. The van der Waals surface area contributed by atoms with Crippen LogP contribution in [0.3, 0.4) is 0 Å². The molecule has 0 amide bonds. The number of hydrogen-bond acceptors (Lipinski definition) is 3. The van der Waals surface area contributed by atoms with Crippen LogP contribution in [0.5, 0.6) is 5.75 Å². The largest absolute Gasteiger partial charge is 0.573 e. The van der Waals surface area contributed by atoms with E-state index in [1.165, 1.54) is 17.7 Å². The summed E-state index contributed by atoms with van der Waals surface area (Å²) in [4.78, 5) is 2.07. The maximum absolute atomic E-state index is 12.6. The van der Waals surface area contributed by atoms with Crippen molar-refractivity contribution in [2.75, 3.05) is 11.9 Å². The van der Waals surface area contributed by atoms with Crippen LogP contribution in [-0.2, 0) is 6.61 Å². The number of nitrogens with zero attached hydrogens (tertiary/aromatic N) is 1. The van der Waals surface area contributed by atoms with Gasteiger partial charge in [-0.1, -0.05) is 57.4 Å². The van der Waals surface area contributed by atoms with Gasteiger partial charge in [-0.05, 0) is 73.4 Å². The molecule has 2 rings (SSSR count). The topological polar surface area (TPSA) is 32.7 Å². The number of rotatable bonds is 11. The zero-order valence-corrected chi connectivity index (χ0v) is 21.2. The van der Waals surface area contributed by atoms with Crippen molar-refractivity contribution in [3.63, 3.8) is 0 Å². The molecule has 0 saturated carbocycles. The van der Waals surface area contributed by atoms with Gasteiger partial charge in [-0.3, -0.25) is 0 Å². The van der Waals surface area contributed by atoms with E-state index in [2.05, 4.69) is 49.6 Å². The maximum Gasteiger partial charge on any atom is 0.573 e. The molecule has 0 fully saturated rings. The van der Waals surface area contributed by atoms with Crippen molar-refractivity contribution < 1.29 is 23.0 Å². The van der Waals surface area contributed by atoms with E-state index in [1.54, 1.807) is 12.1 Å². The minimum Gasteiger partial charge on any atom is -0.406 e. The molecule has 0 aliphatic carbocycles. The second-order valence-corrected chi connectivity index (χ2v) is 8.88. The number of alkyl halides is 3. The molecule has 1 atom stereocenters. The van der Waals surface area contributed by atoms with Gasteiger partial charge in [-0.15, -0.1) is 13.2 Å². The van der Waals surface area contributed by atoms with E-state index in [9.17, 15) is 18.3 Å². The highest BCUT2D eigenvalue weighted by atomic mass is 19.4. The fourth-order valence-corrected chi connectivity index (χ4v) is 4.50. The minimum atomic E-state index is -4.72. The molecule has 0 radical (unpaired) electrons. The summed E-state index contributed by atoms with van der Waals surface area (Å²) in [5.74, 6) is 0.0482. The number of anilines is 1. The van der Waals surface area contributed by atoms with Gasteiger partial charge in [0.15, 0.2) is 0 Å². The van der Waals surface area contributed by atoms with Gasteiger partial charge < -0.3 is 14.7 Å². The average molecular weight is 478 g/mol. The normalized spacial score (nSPS) is 13.2. The molecule has 0 spiro atoms. The molecule has 34 heavy (non-hydrogen) atoms. The van der Waals surface area contributed by atoms with Crippen LogP contribution in [0, 0.1) is 6.92 Å². The van der Waals surface area contributed by atoms with Crippen LogP contribution in [0.1, 0.15) is 82.4 Å². The number of allylic oxidation sites excluding steroid dienone is 1. The predicted molar refractivity (Wildman–Crippen MR) is 134 cm³/mol. The smallest absolute Gasteiger partial charge is 0.406 e. The SMILES string of the molecule is CCCCC(CC)c1cc(-c2ccc(OC(F)(F)F)cc2)c(C)c(N(C)/C=C(\C)CC)c1CO. The molecule has 0 bridgehead atoms. The summed E-state index contributed by atoms with van der Waals surface area (Å²) in [6.45, 7) is 10.4. The molecule has 3 nitrogen and oxygen atoms in total. The van der Waals surface area contributed by atoms with Crippen LogP contribution < -0.4 is 9.64 Å². The molecule has 0 aliphatic heterocycles. The van der Waals surface area contributed by atoms with Gasteiger partial charge in [-0.2, -0.15) is 0 Å². The highest BCUT2D eigenvalue weighted by Gasteiger charge is 2.31. The standard InChI is InChI=1S/C28H38F3NO2/c1-7-10-11-21(9-3)25-16-24(22-12-14-23(15-13-22)34-28(29,30)31)20(5)27(26(25)18-33)32(6)17-19(4)8-2/h12-17,21,33H,7-11,18H2,1-6H3/b19-17+.